The van der Waals surface area contributed by atoms with E-state index in [1.165, 1.54) is 5.56 Å². The van der Waals surface area contributed by atoms with E-state index in [0.717, 1.165) is 24.0 Å². The molecule has 0 saturated carbocycles. The molecule has 1 saturated heterocycles. The number of ether oxygens (including phenoxy) is 1. The number of fused-ring (bicyclic) bond motifs is 1. The molecule has 0 aliphatic carbocycles. The third kappa shape index (κ3) is 5.35. The zero-order valence-electron chi connectivity index (χ0n) is 19.4. The third-order valence-corrected chi connectivity index (χ3v) is 5.85. The van der Waals surface area contributed by atoms with Gasteiger partial charge in [0.1, 0.15) is 0 Å². The molecule has 166 valence electrons. The van der Waals surface area contributed by atoms with E-state index < -0.39 is 6.09 Å². The van der Waals surface area contributed by atoms with Gasteiger partial charge < -0.3 is 24.7 Å². The summed E-state index contributed by atoms with van der Waals surface area (Å²) in [6, 6.07) is 6.45. The second-order valence-corrected chi connectivity index (χ2v) is 9.24. The summed E-state index contributed by atoms with van der Waals surface area (Å²) in [7, 11) is -0.351. The molecule has 2 heterocycles. The van der Waals surface area contributed by atoms with Crippen LogP contribution in [0.2, 0.25) is 0 Å². The van der Waals surface area contributed by atoms with Crippen molar-refractivity contribution < 1.29 is 23.6 Å². The van der Waals surface area contributed by atoms with E-state index in [4.69, 9.17) is 9.31 Å². The fourth-order valence-corrected chi connectivity index (χ4v) is 3.61. The monoisotopic (exact) mass is 418 g/mol. The molecular weight excluding hydrogens is 383 g/mol. The van der Waals surface area contributed by atoms with E-state index in [-0.39, 0.29) is 36.4 Å². The lowest BCUT2D eigenvalue weighted by atomic mass is 9.77. The normalized spacial score (nSPS) is 21.6. The van der Waals surface area contributed by atoms with Crippen molar-refractivity contribution in [3.05, 3.63) is 23.8 Å². The van der Waals surface area contributed by atoms with Crippen molar-refractivity contribution in [1.82, 2.24) is 0 Å². The molecule has 0 unspecified atom stereocenters. The largest absolute Gasteiger partial charge is 0.494 e. The van der Waals surface area contributed by atoms with Crippen LogP contribution in [0.15, 0.2) is 18.2 Å². The minimum atomic E-state index is -0.713. The summed E-state index contributed by atoms with van der Waals surface area (Å²) in [5.41, 5.74) is 7.20. The Bertz CT molecular complexity index is 778. The van der Waals surface area contributed by atoms with E-state index in [2.05, 4.69) is 51.2 Å². The Balaban J connectivity index is 0.000000396. The Morgan fingerprint density at radius 2 is 1.77 bits per heavy atom. The van der Waals surface area contributed by atoms with Gasteiger partial charge in [-0.2, -0.15) is 0 Å². The Labute approximate surface area is 180 Å². The fraction of sp³-hybridized carbons (Fsp3) is 0.636. The number of nitrogens with zero attached hydrogens (tertiary/aromatic N) is 1. The first kappa shape index (κ1) is 24.2. The van der Waals surface area contributed by atoms with E-state index in [0.29, 0.717) is 0 Å². The molecule has 30 heavy (non-hydrogen) atoms. The average molecular weight is 418 g/mol. The molecule has 1 aromatic carbocycles. The predicted octanol–water partition coefficient (Wildman–Crippen LogP) is 3.16. The summed E-state index contributed by atoms with van der Waals surface area (Å²) in [6.45, 7) is 15.5. The van der Waals surface area contributed by atoms with E-state index in [9.17, 15) is 9.59 Å². The molecule has 1 aromatic rings. The smallest absolute Gasteiger partial charge is 0.447 e. The number of primary amides is 1. The molecule has 0 bridgehead atoms. The molecule has 3 rings (SSSR count). The van der Waals surface area contributed by atoms with Crippen molar-refractivity contribution in [2.24, 2.45) is 5.73 Å². The van der Waals surface area contributed by atoms with Crippen LogP contribution in [0.5, 0.6) is 0 Å². The highest BCUT2D eigenvalue weighted by molar-refractivity contribution is 6.62. The molecular formula is C22H35BN2O5. The van der Waals surface area contributed by atoms with Crippen LogP contribution >= 0.6 is 0 Å². The maximum absolute atomic E-state index is 12.0. The highest BCUT2D eigenvalue weighted by Crippen LogP contribution is 2.37. The van der Waals surface area contributed by atoms with Crippen LogP contribution < -0.4 is 16.1 Å². The quantitative estimate of drug-likeness (QED) is 0.745. The zero-order valence-corrected chi connectivity index (χ0v) is 19.4. The SMILES string of the molecule is CC(=O)N1c2ccc(B3OC(C)(C)C(C)(C)O3)cc2CC[C@@H]1C.CC(C)OC(N)=O. The van der Waals surface area contributed by atoms with Crippen LogP contribution in [0.25, 0.3) is 0 Å². The second kappa shape index (κ2) is 8.98. The van der Waals surface area contributed by atoms with Crippen molar-refractivity contribution in [2.75, 3.05) is 4.90 Å². The number of carbonyl (C=O) groups excluding carboxylic acids is 2. The number of amides is 2. The Morgan fingerprint density at radius 1 is 1.20 bits per heavy atom. The van der Waals surface area contributed by atoms with Crippen molar-refractivity contribution in [3.63, 3.8) is 0 Å². The molecule has 1 atom stereocenters. The lowest BCUT2D eigenvalue weighted by molar-refractivity contribution is -0.117. The number of aryl methyl sites for hydroxylation is 1. The first-order valence-corrected chi connectivity index (χ1v) is 10.5. The number of benzene rings is 1. The molecule has 0 aromatic heterocycles. The van der Waals surface area contributed by atoms with Crippen LogP contribution in [0.3, 0.4) is 0 Å². The maximum atomic E-state index is 12.0. The van der Waals surface area contributed by atoms with Gasteiger partial charge in [-0.15, -0.1) is 0 Å². The maximum Gasteiger partial charge on any atom is 0.494 e. The number of hydrogen-bond donors (Lipinski definition) is 1. The summed E-state index contributed by atoms with van der Waals surface area (Å²) >= 11 is 0. The zero-order chi connectivity index (χ0) is 22.9. The highest BCUT2D eigenvalue weighted by Gasteiger charge is 2.51. The number of hydrogen-bond acceptors (Lipinski definition) is 5. The van der Waals surface area contributed by atoms with Gasteiger partial charge in [-0.1, -0.05) is 12.1 Å². The van der Waals surface area contributed by atoms with Crippen molar-refractivity contribution in [2.45, 2.75) is 91.6 Å². The highest BCUT2D eigenvalue weighted by atomic mass is 16.7. The first-order chi connectivity index (χ1) is 13.7. The van der Waals surface area contributed by atoms with E-state index >= 15 is 0 Å². The summed E-state index contributed by atoms with van der Waals surface area (Å²) in [5.74, 6) is 0.0989. The summed E-state index contributed by atoms with van der Waals surface area (Å²) < 4.78 is 16.7. The molecule has 0 spiro atoms. The van der Waals surface area contributed by atoms with Gasteiger partial charge in [0.05, 0.1) is 17.3 Å². The molecule has 2 N–H and O–H groups in total. The predicted molar refractivity (Wildman–Crippen MR) is 119 cm³/mol. The van der Waals surface area contributed by atoms with Crippen LogP contribution in [-0.4, -0.2) is 42.5 Å². The average Bonchev–Trinajstić information content (AvgIpc) is 2.81. The van der Waals surface area contributed by atoms with Crippen molar-refractivity contribution >= 4 is 30.3 Å². The van der Waals surface area contributed by atoms with E-state index in [1.54, 1.807) is 20.8 Å². The Kier molecular flexibility index (Phi) is 7.25. The van der Waals surface area contributed by atoms with Gasteiger partial charge in [0.2, 0.25) is 5.91 Å². The topological polar surface area (TPSA) is 91.1 Å². The second-order valence-electron chi connectivity index (χ2n) is 9.24. The van der Waals surface area contributed by atoms with Gasteiger partial charge in [0.15, 0.2) is 0 Å². The van der Waals surface area contributed by atoms with Gasteiger partial charge in [0.25, 0.3) is 0 Å². The standard InChI is InChI=1S/C18H26BNO3.C4H9NO2/c1-12-7-8-14-11-15(9-10-16(14)20(12)13(2)21)19-22-17(3,4)18(5,6)23-19;1-3(2)7-4(5)6/h9-12H,7-8H2,1-6H3;3H,1-2H3,(H2,5,6)/t12-;/m0./s1. The number of carbonyl (C=O) groups is 2. The van der Waals surface area contributed by atoms with Gasteiger partial charge >= 0.3 is 13.2 Å². The van der Waals surface area contributed by atoms with Gasteiger partial charge in [-0.25, -0.2) is 4.79 Å². The van der Waals surface area contributed by atoms with Gasteiger partial charge in [0, 0.05) is 18.7 Å². The molecule has 2 aliphatic rings. The fourth-order valence-electron chi connectivity index (χ4n) is 3.61. The molecule has 1 fully saturated rings. The minimum Gasteiger partial charge on any atom is -0.447 e. The number of anilines is 1. The molecule has 8 heteroatoms. The Morgan fingerprint density at radius 3 is 2.20 bits per heavy atom. The summed E-state index contributed by atoms with van der Waals surface area (Å²) in [5, 5.41) is 0. The molecule has 7 nitrogen and oxygen atoms in total. The Hall–Kier alpha value is -2.06. The number of nitrogens with two attached hydrogens (primary N) is 1. The lowest BCUT2D eigenvalue weighted by Gasteiger charge is -2.35. The van der Waals surface area contributed by atoms with Gasteiger partial charge in [-0.3, -0.25) is 4.79 Å². The first-order valence-electron chi connectivity index (χ1n) is 10.5. The van der Waals surface area contributed by atoms with Crippen LogP contribution in [0.1, 0.15) is 67.4 Å². The van der Waals surface area contributed by atoms with Gasteiger partial charge in [-0.05, 0) is 78.4 Å². The van der Waals surface area contributed by atoms with Crippen LogP contribution in [0, 0.1) is 0 Å². The molecule has 2 amide bonds. The van der Waals surface area contributed by atoms with Crippen LogP contribution in [-0.2, 0) is 25.3 Å². The third-order valence-electron chi connectivity index (χ3n) is 5.85. The minimum absolute atomic E-state index is 0.0989. The van der Waals surface area contributed by atoms with Crippen molar-refractivity contribution in [1.29, 1.82) is 0 Å². The number of rotatable bonds is 2. The summed E-state index contributed by atoms with van der Waals surface area (Å²) in [4.78, 5) is 23.7. The van der Waals surface area contributed by atoms with E-state index in [1.807, 2.05) is 17.0 Å². The summed E-state index contributed by atoms with van der Waals surface area (Å²) in [6.07, 6.45) is 1.15. The van der Waals surface area contributed by atoms with Crippen LogP contribution in [0.4, 0.5) is 10.5 Å². The molecule has 0 radical (unpaired) electrons. The molecule has 2 aliphatic heterocycles. The van der Waals surface area contributed by atoms with Crippen molar-refractivity contribution in [3.8, 4) is 0 Å². The lowest BCUT2D eigenvalue weighted by Crippen LogP contribution is -2.42.